The van der Waals surface area contributed by atoms with Crippen LogP contribution in [0.4, 0.5) is 0 Å². The Morgan fingerprint density at radius 1 is 1.40 bits per heavy atom. The Labute approximate surface area is 92.1 Å². The molecule has 0 saturated heterocycles. The Morgan fingerprint density at radius 3 is 2.60 bits per heavy atom. The molecule has 15 heavy (non-hydrogen) atoms. The molecule has 3 N–H and O–H groups in total. The first-order valence-electron chi connectivity index (χ1n) is 5.48. The Balaban J connectivity index is 2.45. The highest BCUT2D eigenvalue weighted by atomic mass is 14.9. The molecule has 84 valence electrons. The quantitative estimate of drug-likeness (QED) is 0.768. The molecule has 3 heteroatoms. The molecule has 1 aromatic heterocycles. The third-order valence-corrected chi connectivity index (χ3v) is 2.60. The molecule has 1 heterocycles. The SMILES string of the molecule is Cc1ccc(CNC(CN)C(C)C)cn1. The summed E-state index contributed by atoms with van der Waals surface area (Å²) >= 11 is 0. The number of nitrogens with two attached hydrogens (primary N) is 1. The molecule has 0 fully saturated rings. The monoisotopic (exact) mass is 207 g/mol. The van der Waals surface area contributed by atoms with Crippen LogP contribution < -0.4 is 11.1 Å². The highest BCUT2D eigenvalue weighted by Gasteiger charge is 2.09. The van der Waals surface area contributed by atoms with Gasteiger partial charge in [0, 0.05) is 31.0 Å². The molecule has 1 atom stereocenters. The number of hydrogen-bond donors (Lipinski definition) is 2. The maximum atomic E-state index is 5.68. The van der Waals surface area contributed by atoms with Gasteiger partial charge in [-0.2, -0.15) is 0 Å². The molecule has 0 saturated carbocycles. The number of aryl methyl sites for hydroxylation is 1. The summed E-state index contributed by atoms with van der Waals surface area (Å²) in [5, 5.41) is 3.44. The summed E-state index contributed by atoms with van der Waals surface area (Å²) in [7, 11) is 0. The van der Waals surface area contributed by atoms with E-state index in [0.29, 0.717) is 18.5 Å². The van der Waals surface area contributed by atoms with Crippen LogP contribution in [-0.4, -0.2) is 17.6 Å². The lowest BCUT2D eigenvalue weighted by molar-refractivity contribution is 0.405. The van der Waals surface area contributed by atoms with Gasteiger partial charge >= 0.3 is 0 Å². The van der Waals surface area contributed by atoms with Gasteiger partial charge in [-0.25, -0.2) is 0 Å². The van der Waals surface area contributed by atoms with Crippen LogP contribution in [0.5, 0.6) is 0 Å². The van der Waals surface area contributed by atoms with Crippen molar-refractivity contribution in [3.63, 3.8) is 0 Å². The summed E-state index contributed by atoms with van der Waals surface area (Å²) in [6.07, 6.45) is 1.91. The van der Waals surface area contributed by atoms with Gasteiger partial charge in [0.1, 0.15) is 0 Å². The van der Waals surface area contributed by atoms with Gasteiger partial charge in [0.25, 0.3) is 0 Å². The first kappa shape index (κ1) is 12.1. The van der Waals surface area contributed by atoms with Gasteiger partial charge in [-0.15, -0.1) is 0 Å². The molecule has 3 nitrogen and oxygen atoms in total. The van der Waals surface area contributed by atoms with E-state index >= 15 is 0 Å². The summed E-state index contributed by atoms with van der Waals surface area (Å²) in [6, 6.07) is 4.51. The van der Waals surface area contributed by atoms with E-state index in [4.69, 9.17) is 5.73 Å². The van der Waals surface area contributed by atoms with Gasteiger partial charge < -0.3 is 11.1 Å². The molecular formula is C12H21N3. The zero-order chi connectivity index (χ0) is 11.3. The van der Waals surface area contributed by atoms with E-state index in [9.17, 15) is 0 Å². The molecule has 0 aliphatic carbocycles. The predicted octanol–water partition coefficient (Wildman–Crippen LogP) is 1.46. The van der Waals surface area contributed by atoms with E-state index in [0.717, 1.165) is 12.2 Å². The van der Waals surface area contributed by atoms with E-state index in [1.165, 1.54) is 5.56 Å². The number of hydrogen-bond acceptors (Lipinski definition) is 3. The van der Waals surface area contributed by atoms with Crippen molar-refractivity contribution in [2.45, 2.75) is 33.4 Å². The average molecular weight is 207 g/mol. The smallest absolute Gasteiger partial charge is 0.0372 e. The Bertz CT molecular complexity index is 279. The lowest BCUT2D eigenvalue weighted by atomic mass is 10.0. The van der Waals surface area contributed by atoms with Crippen LogP contribution in [0.25, 0.3) is 0 Å². The van der Waals surface area contributed by atoms with E-state index in [2.05, 4.69) is 30.2 Å². The zero-order valence-corrected chi connectivity index (χ0v) is 9.83. The predicted molar refractivity (Wildman–Crippen MR) is 63.5 cm³/mol. The number of nitrogens with one attached hydrogen (secondary N) is 1. The van der Waals surface area contributed by atoms with E-state index in [1.54, 1.807) is 0 Å². The maximum absolute atomic E-state index is 5.68. The number of nitrogens with zero attached hydrogens (tertiary/aromatic N) is 1. The highest BCUT2D eigenvalue weighted by Crippen LogP contribution is 2.03. The van der Waals surface area contributed by atoms with Crippen LogP contribution in [0.15, 0.2) is 18.3 Å². The number of pyridine rings is 1. The summed E-state index contributed by atoms with van der Waals surface area (Å²) in [6.45, 7) is 7.87. The minimum absolute atomic E-state index is 0.381. The van der Waals surface area contributed by atoms with E-state index in [1.807, 2.05) is 19.2 Å². The Morgan fingerprint density at radius 2 is 2.13 bits per heavy atom. The fraction of sp³-hybridized carbons (Fsp3) is 0.583. The van der Waals surface area contributed by atoms with Crippen LogP contribution in [0.1, 0.15) is 25.1 Å². The minimum atomic E-state index is 0.381. The van der Waals surface area contributed by atoms with Gasteiger partial charge in [-0.3, -0.25) is 4.98 Å². The van der Waals surface area contributed by atoms with Gasteiger partial charge in [-0.1, -0.05) is 19.9 Å². The minimum Gasteiger partial charge on any atom is -0.329 e. The van der Waals surface area contributed by atoms with Crippen LogP contribution >= 0.6 is 0 Å². The molecule has 0 spiro atoms. The normalized spacial score (nSPS) is 13.1. The summed E-state index contributed by atoms with van der Waals surface area (Å²) < 4.78 is 0. The Hall–Kier alpha value is -0.930. The van der Waals surface area contributed by atoms with Crippen molar-refractivity contribution in [3.05, 3.63) is 29.6 Å². The molecule has 0 bridgehead atoms. The molecular weight excluding hydrogens is 186 g/mol. The second-order valence-corrected chi connectivity index (χ2v) is 4.27. The van der Waals surface area contributed by atoms with Crippen molar-refractivity contribution in [2.24, 2.45) is 11.7 Å². The second-order valence-electron chi connectivity index (χ2n) is 4.27. The number of rotatable bonds is 5. The first-order chi connectivity index (χ1) is 7.13. The Kier molecular flexibility index (Phi) is 4.72. The standard InChI is InChI=1S/C12H21N3/c1-9(2)12(6-13)15-8-11-5-4-10(3)14-7-11/h4-5,7,9,12,15H,6,8,13H2,1-3H3. The van der Waals surface area contributed by atoms with Crippen molar-refractivity contribution in [1.29, 1.82) is 0 Å². The van der Waals surface area contributed by atoms with E-state index in [-0.39, 0.29) is 0 Å². The maximum Gasteiger partial charge on any atom is 0.0372 e. The van der Waals surface area contributed by atoms with Crippen molar-refractivity contribution in [2.75, 3.05) is 6.54 Å². The lowest BCUT2D eigenvalue weighted by Gasteiger charge is -2.20. The molecule has 1 rings (SSSR count). The molecule has 0 aliphatic rings. The molecule has 0 amide bonds. The average Bonchev–Trinajstić information content (AvgIpc) is 2.21. The van der Waals surface area contributed by atoms with E-state index < -0.39 is 0 Å². The molecule has 0 radical (unpaired) electrons. The lowest BCUT2D eigenvalue weighted by Crippen LogP contribution is -2.39. The van der Waals surface area contributed by atoms with Gasteiger partial charge in [0.2, 0.25) is 0 Å². The number of aromatic nitrogens is 1. The summed E-state index contributed by atoms with van der Waals surface area (Å²) in [5.74, 6) is 0.563. The van der Waals surface area contributed by atoms with Crippen molar-refractivity contribution >= 4 is 0 Å². The van der Waals surface area contributed by atoms with Crippen molar-refractivity contribution in [1.82, 2.24) is 10.3 Å². The van der Waals surface area contributed by atoms with Crippen molar-refractivity contribution < 1.29 is 0 Å². The van der Waals surface area contributed by atoms with Gasteiger partial charge in [0.15, 0.2) is 0 Å². The second kappa shape index (κ2) is 5.83. The van der Waals surface area contributed by atoms with Gasteiger partial charge in [0.05, 0.1) is 0 Å². The first-order valence-corrected chi connectivity index (χ1v) is 5.48. The zero-order valence-electron chi connectivity index (χ0n) is 9.83. The fourth-order valence-electron chi connectivity index (χ4n) is 1.44. The topological polar surface area (TPSA) is 50.9 Å². The van der Waals surface area contributed by atoms with Crippen LogP contribution in [0, 0.1) is 12.8 Å². The fourth-order valence-corrected chi connectivity index (χ4v) is 1.44. The largest absolute Gasteiger partial charge is 0.329 e. The summed E-state index contributed by atoms with van der Waals surface area (Å²) in [5.41, 5.74) is 7.95. The van der Waals surface area contributed by atoms with Crippen LogP contribution in [-0.2, 0) is 6.54 Å². The molecule has 1 aromatic rings. The van der Waals surface area contributed by atoms with Crippen molar-refractivity contribution in [3.8, 4) is 0 Å². The highest BCUT2D eigenvalue weighted by molar-refractivity contribution is 5.12. The van der Waals surface area contributed by atoms with Crippen LogP contribution in [0.2, 0.25) is 0 Å². The third kappa shape index (κ3) is 3.98. The van der Waals surface area contributed by atoms with Gasteiger partial charge in [-0.05, 0) is 24.5 Å². The molecule has 0 aromatic carbocycles. The third-order valence-electron chi connectivity index (χ3n) is 2.60. The molecule has 1 unspecified atom stereocenters. The summed E-state index contributed by atoms with van der Waals surface area (Å²) in [4.78, 5) is 4.26. The van der Waals surface area contributed by atoms with Crippen LogP contribution in [0.3, 0.4) is 0 Å². The molecule has 0 aliphatic heterocycles.